The second-order valence-electron chi connectivity index (χ2n) is 8.47. The van der Waals surface area contributed by atoms with Crippen LogP contribution in [0.1, 0.15) is 46.1 Å². The average Bonchev–Trinajstić information content (AvgIpc) is 2.69. The van der Waals surface area contributed by atoms with Crippen LogP contribution in [0.2, 0.25) is 10.0 Å². The quantitative estimate of drug-likeness (QED) is 0.343. The van der Waals surface area contributed by atoms with Crippen molar-refractivity contribution >= 4 is 46.8 Å². The first kappa shape index (κ1) is 25.6. The van der Waals surface area contributed by atoms with Gasteiger partial charge in [-0.15, -0.1) is 11.8 Å². The van der Waals surface area contributed by atoms with Crippen LogP contribution < -0.4 is 5.32 Å². The van der Waals surface area contributed by atoms with Gasteiger partial charge in [0.05, 0.1) is 0 Å². The Bertz CT molecular complexity index is 882. The van der Waals surface area contributed by atoms with Crippen molar-refractivity contribution in [2.75, 3.05) is 5.75 Å². The number of rotatable bonds is 9. The number of benzene rings is 2. The maximum absolute atomic E-state index is 13.1. The molecule has 0 aliphatic carbocycles. The molecule has 0 aliphatic heterocycles. The van der Waals surface area contributed by atoms with Crippen LogP contribution >= 0.6 is 35.0 Å². The van der Waals surface area contributed by atoms with Gasteiger partial charge in [-0.05, 0) is 81.8 Å². The molecule has 0 bridgehead atoms. The van der Waals surface area contributed by atoms with Gasteiger partial charge in [0.15, 0.2) is 0 Å². The molecular weight excluding hydrogens is 451 g/mol. The lowest BCUT2D eigenvalue weighted by Gasteiger charge is -2.31. The lowest BCUT2D eigenvalue weighted by Crippen LogP contribution is -2.52. The molecule has 0 saturated carbocycles. The largest absolute Gasteiger partial charge is 0.350 e. The normalized spacial score (nSPS) is 12.3. The standard InChI is InChI=1S/C24H30Cl2N2O2S/c1-17(23(30)27-24(2,3)4)28(16-18-7-5-8-20(26)15-18)22(29)9-6-14-31-21-12-10-19(25)11-13-21/h5,7-8,10-13,15,17H,6,9,14,16H2,1-4H3,(H,27,30)/t17-/m1/s1. The molecule has 2 aromatic carbocycles. The number of carbonyl (C=O) groups excluding carboxylic acids is 2. The molecule has 0 radical (unpaired) electrons. The topological polar surface area (TPSA) is 49.4 Å². The predicted molar refractivity (Wildman–Crippen MR) is 131 cm³/mol. The SMILES string of the molecule is C[C@H](C(=O)NC(C)(C)C)N(Cc1cccc(Cl)c1)C(=O)CCCSc1ccc(Cl)cc1. The van der Waals surface area contributed by atoms with Crippen LogP contribution in [0.4, 0.5) is 0 Å². The Morgan fingerprint density at radius 2 is 1.74 bits per heavy atom. The second-order valence-corrected chi connectivity index (χ2v) is 10.5. The number of thioether (sulfide) groups is 1. The molecule has 0 aliphatic rings. The third kappa shape index (κ3) is 9.14. The molecular formula is C24H30Cl2N2O2S. The third-order valence-electron chi connectivity index (χ3n) is 4.52. The molecule has 4 nitrogen and oxygen atoms in total. The van der Waals surface area contributed by atoms with E-state index in [4.69, 9.17) is 23.2 Å². The van der Waals surface area contributed by atoms with Crippen molar-refractivity contribution in [3.63, 3.8) is 0 Å². The maximum Gasteiger partial charge on any atom is 0.242 e. The Hall–Kier alpha value is -1.69. The van der Waals surface area contributed by atoms with Crippen molar-refractivity contribution in [1.29, 1.82) is 0 Å². The fourth-order valence-corrected chi connectivity index (χ4v) is 4.17. The zero-order valence-electron chi connectivity index (χ0n) is 18.5. The Morgan fingerprint density at radius 1 is 1.06 bits per heavy atom. The van der Waals surface area contributed by atoms with E-state index in [1.807, 2.05) is 63.2 Å². The van der Waals surface area contributed by atoms with Gasteiger partial charge in [-0.25, -0.2) is 0 Å². The first-order valence-corrected chi connectivity index (χ1v) is 12.0. The number of carbonyl (C=O) groups is 2. The fourth-order valence-electron chi connectivity index (χ4n) is 2.98. The summed E-state index contributed by atoms with van der Waals surface area (Å²) >= 11 is 13.7. The van der Waals surface area contributed by atoms with Crippen LogP contribution in [0.15, 0.2) is 53.4 Å². The summed E-state index contributed by atoms with van der Waals surface area (Å²) in [6, 6.07) is 14.5. The highest BCUT2D eigenvalue weighted by atomic mass is 35.5. The summed E-state index contributed by atoms with van der Waals surface area (Å²) in [6.07, 6.45) is 1.08. The van der Waals surface area contributed by atoms with E-state index in [0.717, 1.165) is 16.2 Å². The zero-order chi connectivity index (χ0) is 23.0. The van der Waals surface area contributed by atoms with Crippen molar-refractivity contribution in [3.8, 4) is 0 Å². The van der Waals surface area contributed by atoms with E-state index in [0.29, 0.717) is 29.4 Å². The maximum atomic E-state index is 13.1. The van der Waals surface area contributed by atoms with E-state index < -0.39 is 6.04 Å². The van der Waals surface area contributed by atoms with Gasteiger partial charge in [-0.1, -0.05) is 35.3 Å². The minimum Gasteiger partial charge on any atom is -0.350 e. The molecule has 1 atom stereocenters. The third-order valence-corrected chi connectivity index (χ3v) is 6.11. The number of halogens is 2. The highest BCUT2D eigenvalue weighted by molar-refractivity contribution is 7.99. The van der Waals surface area contributed by atoms with Gasteiger partial charge in [0, 0.05) is 33.4 Å². The van der Waals surface area contributed by atoms with Gasteiger partial charge >= 0.3 is 0 Å². The van der Waals surface area contributed by atoms with Crippen molar-refractivity contribution in [3.05, 3.63) is 64.1 Å². The summed E-state index contributed by atoms with van der Waals surface area (Å²) in [4.78, 5) is 28.6. The average molecular weight is 481 g/mol. The first-order valence-electron chi connectivity index (χ1n) is 10.3. The van der Waals surface area contributed by atoms with Crippen LogP contribution in [0.3, 0.4) is 0 Å². The van der Waals surface area contributed by atoms with E-state index in [9.17, 15) is 9.59 Å². The highest BCUT2D eigenvalue weighted by Gasteiger charge is 2.28. The summed E-state index contributed by atoms with van der Waals surface area (Å²) in [5, 5.41) is 4.29. The Kier molecular flexibility index (Phi) is 9.73. The van der Waals surface area contributed by atoms with Gasteiger partial charge in [0.25, 0.3) is 0 Å². The number of hydrogen-bond donors (Lipinski definition) is 1. The number of amides is 2. The Morgan fingerprint density at radius 3 is 2.35 bits per heavy atom. The summed E-state index contributed by atoms with van der Waals surface area (Å²) in [5.74, 6) is 0.590. The summed E-state index contributed by atoms with van der Waals surface area (Å²) in [5.41, 5.74) is 0.525. The summed E-state index contributed by atoms with van der Waals surface area (Å²) < 4.78 is 0. The van der Waals surface area contributed by atoms with Gasteiger partial charge in [-0.3, -0.25) is 9.59 Å². The molecule has 0 aromatic heterocycles. The molecule has 2 amide bonds. The van der Waals surface area contributed by atoms with E-state index in [1.165, 1.54) is 0 Å². The fraction of sp³-hybridized carbons (Fsp3) is 0.417. The lowest BCUT2D eigenvalue weighted by molar-refractivity contribution is -0.141. The van der Waals surface area contributed by atoms with E-state index >= 15 is 0 Å². The zero-order valence-corrected chi connectivity index (χ0v) is 20.8. The van der Waals surface area contributed by atoms with Crippen molar-refractivity contribution in [2.45, 2.75) is 63.6 Å². The van der Waals surface area contributed by atoms with Crippen molar-refractivity contribution in [2.24, 2.45) is 0 Å². The molecule has 0 saturated heterocycles. The van der Waals surface area contributed by atoms with Crippen LogP contribution in [0.25, 0.3) is 0 Å². The Labute approximate surface area is 199 Å². The highest BCUT2D eigenvalue weighted by Crippen LogP contribution is 2.22. The molecule has 0 fully saturated rings. The van der Waals surface area contributed by atoms with Gasteiger partial charge < -0.3 is 10.2 Å². The summed E-state index contributed by atoms with van der Waals surface area (Å²) in [7, 11) is 0. The van der Waals surface area contributed by atoms with Crippen molar-refractivity contribution in [1.82, 2.24) is 10.2 Å². The molecule has 1 N–H and O–H groups in total. The Balaban J connectivity index is 2.02. The smallest absolute Gasteiger partial charge is 0.242 e. The monoisotopic (exact) mass is 480 g/mol. The molecule has 0 heterocycles. The van der Waals surface area contributed by atoms with Gasteiger partial charge in [0.2, 0.25) is 11.8 Å². The molecule has 31 heavy (non-hydrogen) atoms. The predicted octanol–water partition coefficient (Wildman–Crippen LogP) is 6.20. The minimum atomic E-state index is -0.588. The summed E-state index contributed by atoms with van der Waals surface area (Å²) in [6.45, 7) is 7.88. The number of nitrogens with zero attached hydrogens (tertiary/aromatic N) is 1. The second kappa shape index (κ2) is 11.8. The van der Waals surface area contributed by atoms with Gasteiger partial charge in [0.1, 0.15) is 6.04 Å². The van der Waals surface area contributed by atoms with Crippen molar-refractivity contribution < 1.29 is 9.59 Å². The lowest BCUT2D eigenvalue weighted by atomic mass is 10.1. The molecule has 0 spiro atoms. The number of hydrogen-bond acceptors (Lipinski definition) is 3. The molecule has 2 rings (SSSR count). The number of nitrogens with one attached hydrogen (secondary N) is 1. The first-order chi connectivity index (χ1) is 14.5. The van der Waals surface area contributed by atoms with E-state index in [2.05, 4.69) is 5.32 Å². The van der Waals surface area contributed by atoms with Crippen LogP contribution in [0, 0.1) is 0 Å². The van der Waals surface area contributed by atoms with Crippen LogP contribution in [0.5, 0.6) is 0 Å². The molecule has 7 heteroatoms. The molecule has 168 valence electrons. The van der Waals surface area contributed by atoms with E-state index in [1.54, 1.807) is 29.7 Å². The molecule has 0 unspecified atom stereocenters. The van der Waals surface area contributed by atoms with Crippen LogP contribution in [-0.4, -0.2) is 34.0 Å². The van der Waals surface area contributed by atoms with Crippen LogP contribution in [-0.2, 0) is 16.1 Å². The molecule has 2 aromatic rings. The van der Waals surface area contributed by atoms with E-state index in [-0.39, 0.29) is 17.4 Å². The van der Waals surface area contributed by atoms with Gasteiger partial charge in [-0.2, -0.15) is 0 Å². The minimum absolute atomic E-state index is 0.0479.